The molecule has 1 atom stereocenters. The lowest BCUT2D eigenvalue weighted by molar-refractivity contribution is -0.127. The van der Waals surface area contributed by atoms with Crippen LogP contribution in [0.4, 0.5) is 0 Å². The summed E-state index contributed by atoms with van der Waals surface area (Å²) in [5.74, 6) is 0.614. The van der Waals surface area contributed by atoms with Gasteiger partial charge in [-0.2, -0.15) is 5.10 Å². The number of hydrazone groups is 1. The van der Waals surface area contributed by atoms with Gasteiger partial charge in [0.25, 0.3) is 5.91 Å². The van der Waals surface area contributed by atoms with Crippen molar-refractivity contribution in [3.8, 4) is 17.2 Å². The summed E-state index contributed by atoms with van der Waals surface area (Å²) >= 11 is 0. The highest BCUT2D eigenvalue weighted by Gasteiger charge is 2.14. The first kappa shape index (κ1) is 18.3. The fourth-order valence-electron chi connectivity index (χ4n) is 2.53. The predicted molar refractivity (Wildman–Crippen MR) is 104 cm³/mol. The number of nitrogens with zero attached hydrogens (tertiary/aromatic N) is 1. The van der Waals surface area contributed by atoms with E-state index in [2.05, 4.69) is 10.5 Å². The minimum atomic E-state index is -0.710. The van der Waals surface area contributed by atoms with Crippen molar-refractivity contribution in [2.45, 2.75) is 13.0 Å². The molecule has 0 aromatic heterocycles. The molecular formula is C21H20N2O4. The van der Waals surface area contributed by atoms with Crippen molar-refractivity contribution in [2.24, 2.45) is 5.10 Å². The molecule has 0 fully saturated rings. The van der Waals surface area contributed by atoms with Crippen molar-refractivity contribution >= 4 is 22.9 Å². The van der Waals surface area contributed by atoms with Gasteiger partial charge in [0, 0.05) is 0 Å². The minimum Gasteiger partial charge on any atom is -0.504 e. The highest BCUT2D eigenvalue weighted by molar-refractivity contribution is 5.86. The first-order valence-corrected chi connectivity index (χ1v) is 8.42. The molecule has 0 aliphatic rings. The average Bonchev–Trinajstić information content (AvgIpc) is 2.69. The molecule has 27 heavy (non-hydrogen) atoms. The maximum Gasteiger partial charge on any atom is 0.280 e. The summed E-state index contributed by atoms with van der Waals surface area (Å²) in [6.45, 7) is 1.66. The SMILES string of the molecule is COc1cc(/C=N/NC(=O)[C@H](C)Oc2ccc3ccccc3c2)ccc1O. The van der Waals surface area contributed by atoms with Crippen LogP contribution >= 0.6 is 0 Å². The summed E-state index contributed by atoms with van der Waals surface area (Å²) in [6, 6.07) is 18.4. The van der Waals surface area contributed by atoms with Crippen LogP contribution < -0.4 is 14.9 Å². The van der Waals surface area contributed by atoms with Gasteiger partial charge in [-0.05, 0) is 53.6 Å². The van der Waals surface area contributed by atoms with Gasteiger partial charge in [0.1, 0.15) is 5.75 Å². The van der Waals surface area contributed by atoms with E-state index in [0.29, 0.717) is 17.1 Å². The fraction of sp³-hybridized carbons (Fsp3) is 0.143. The van der Waals surface area contributed by atoms with Gasteiger partial charge < -0.3 is 14.6 Å². The van der Waals surface area contributed by atoms with Crippen molar-refractivity contribution in [1.29, 1.82) is 0 Å². The molecule has 6 heteroatoms. The highest BCUT2D eigenvalue weighted by atomic mass is 16.5. The lowest BCUT2D eigenvalue weighted by Gasteiger charge is -2.13. The Morgan fingerprint density at radius 2 is 1.89 bits per heavy atom. The Morgan fingerprint density at radius 3 is 2.67 bits per heavy atom. The fourth-order valence-corrected chi connectivity index (χ4v) is 2.53. The molecule has 0 heterocycles. The molecular weight excluding hydrogens is 344 g/mol. The maximum atomic E-state index is 12.2. The Labute approximate surface area is 157 Å². The predicted octanol–water partition coefficient (Wildman–Crippen LogP) is 3.47. The number of phenols is 1. The number of aromatic hydroxyl groups is 1. The molecule has 3 aromatic rings. The highest BCUT2D eigenvalue weighted by Crippen LogP contribution is 2.25. The Balaban J connectivity index is 1.59. The number of methoxy groups -OCH3 is 1. The third kappa shape index (κ3) is 4.55. The van der Waals surface area contributed by atoms with Crippen LogP contribution in [0.15, 0.2) is 65.8 Å². The smallest absolute Gasteiger partial charge is 0.280 e. The number of fused-ring (bicyclic) bond motifs is 1. The Bertz CT molecular complexity index is 985. The number of rotatable bonds is 6. The van der Waals surface area contributed by atoms with Crippen LogP contribution in [-0.2, 0) is 4.79 Å². The molecule has 3 rings (SSSR count). The topological polar surface area (TPSA) is 80.2 Å². The van der Waals surface area contributed by atoms with E-state index in [1.807, 2.05) is 42.5 Å². The summed E-state index contributed by atoms with van der Waals surface area (Å²) < 4.78 is 10.7. The van der Waals surface area contributed by atoms with E-state index in [9.17, 15) is 9.90 Å². The van der Waals surface area contributed by atoms with Gasteiger partial charge in [0.15, 0.2) is 17.6 Å². The molecule has 0 radical (unpaired) electrons. The minimum absolute atomic E-state index is 0.0380. The first-order chi connectivity index (χ1) is 13.1. The van der Waals surface area contributed by atoms with Crippen LogP contribution in [0.3, 0.4) is 0 Å². The normalized spacial score (nSPS) is 12.1. The summed E-state index contributed by atoms with van der Waals surface area (Å²) in [5, 5.41) is 15.6. The number of amides is 1. The maximum absolute atomic E-state index is 12.2. The second kappa shape index (κ2) is 8.23. The van der Waals surface area contributed by atoms with Crippen molar-refractivity contribution < 1.29 is 19.4 Å². The number of nitrogens with one attached hydrogen (secondary N) is 1. The molecule has 138 valence electrons. The molecule has 0 spiro atoms. The van der Waals surface area contributed by atoms with Crippen molar-refractivity contribution in [2.75, 3.05) is 7.11 Å². The third-order valence-corrected chi connectivity index (χ3v) is 4.00. The van der Waals surface area contributed by atoms with Crippen LogP contribution in [0.5, 0.6) is 17.2 Å². The third-order valence-electron chi connectivity index (χ3n) is 4.00. The zero-order valence-corrected chi connectivity index (χ0v) is 15.0. The Hall–Kier alpha value is -3.54. The first-order valence-electron chi connectivity index (χ1n) is 8.42. The van der Waals surface area contributed by atoms with Gasteiger partial charge in [-0.3, -0.25) is 4.79 Å². The molecule has 6 nitrogen and oxygen atoms in total. The molecule has 0 aliphatic heterocycles. The van der Waals surface area contributed by atoms with Crippen LogP contribution in [0.2, 0.25) is 0 Å². The quantitative estimate of drug-likeness (QED) is 0.518. The number of benzene rings is 3. The van der Waals surface area contributed by atoms with Gasteiger partial charge >= 0.3 is 0 Å². The Kier molecular flexibility index (Phi) is 5.56. The lowest BCUT2D eigenvalue weighted by Crippen LogP contribution is -2.33. The van der Waals surface area contributed by atoms with Gasteiger partial charge in [-0.25, -0.2) is 5.43 Å². The number of phenolic OH excluding ortho intramolecular Hbond substituents is 1. The lowest BCUT2D eigenvalue weighted by atomic mass is 10.1. The van der Waals surface area contributed by atoms with Crippen molar-refractivity contribution in [3.05, 3.63) is 66.2 Å². The number of hydrogen-bond donors (Lipinski definition) is 2. The second-order valence-corrected chi connectivity index (χ2v) is 5.93. The van der Waals surface area contributed by atoms with E-state index >= 15 is 0 Å². The Morgan fingerprint density at radius 1 is 1.11 bits per heavy atom. The zero-order chi connectivity index (χ0) is 19.2. The molecule has 2 N–H and O–H groups in total. The molecule has 0 bridgehead atoms. The van der Waals surface area contributed by atoms with Crippen LogP contribution in [0, 0.1) is 0 Å². The van der Waals surface area contributed by atoms with E-state index < -0.39 is 6.10 Å². The van der Waals surface area contributed by atoms with Crippen LogP contribution in [0.25, 0.3) is 10.8 Å². The number of carbonyl (C=O) groups is 1. The standard InChI is InChI=1S/C21H20N2O4/c1-14(27-18-9-8-16-5-3-4-6-17(16)12-18)21(25)23-22-13-15-7-10-19(24)20(11-15)26-2/h3-14,24H,1-2H3,(H,23,25)/b22-13+/t14-/m0/s1. The molecule has 3 aromatic carbocycles. The van der Waals surface area contributed by atoms with Gasteiger partial charge in [0.05, 0.1) is 13.3 Å². The van der Waals surface area contributed by atoms with Gasteiger partial charge in [-0.1, -0.05) is 30.3 Å². The van der Waals surface area contributed by atoms with Crippen molar-refractivity contribution in [1.82, 2.24) is 5.43 Å². The summed E-state index contributed by atoms with van der Waals surface area (Å²) in [4.78, 5) is 12.2. The molecule has 0 unspecified atom stereocenters. The van der Waals surface area contributed by atoms with Gasteiger partial charge in [-0.15, -0.1) is 0 Å². The van der Waals surface area contributed by atoms with Gasteiger partial charge in [0.2, 0.25) is 0 Å². The monoisotopic (exact) mass is 364 g/mol. The summed E-state index contributed by atoms with van der Waals surface area (Å²) in [7, 11) is 1.46. The summed E-state index contributed by atoms with van der Waals surface area (Å²) in [5.41, 5.74) is 3.12. The van der Waals surface area contributed by atoms with Crippen molar-refractivity contribution in [3.63, 3.8) is 0 Å². The largest absolute Gasteiger partial charge is 0.504 e. The number of carbonyl (C=O) groups excluding carboxylic acids is 1. The molecule has 0 saturated heterocycles. The van der Waals surface area contributed by atoms with E-state index in [-0.39, 0.29) is 11.7 Å². The van der Waals surface area contributed by atoms with Crippen LogP contribution in [-0.4, -0.2) is 30.4 Å². The van der Waals surface area contributed by atoms with Crippen LogP contribution in [0.1, 0.15) is 12.5 Å². The van der Waals surface area contributed by atoms with E-state index in [1.54, 1.807) is 19.1 Å². The van der Waals surface area contributed by atoms with E-state index in [4.69, 9.17) is 9.47 Å². The zero-order valence-electron chi connectivity index (χ0n) is 15.0. The number of hydrogen-bond acceptors (Lipinski definition) is 5. The number of ether oxygens (including phenoxy) is 2. The average molecular weight is 364 g/mol. The molecule has 0 saturated carbocycles. The summed E-state index contributed by atoms with van der Waals surface area (Å²) in [6.07, 6.45) is 0.750. The molecule has 1 amide bonds. The second-order valence-electron chi connectivity index (χ2n) is 5.93. The van der Waals surface area contributed by atoms with E-state index in [0.717, 1.165) is 10.8 Å². The van der Waals surface area contributed by atoms with E-state index in [1.165, 1.54) is 19.4 Å². The molecule has 0 aliphatic carbocycles.